The molecule has 0 radical (unpaired) electrons. The summed E-state index contributed by atoms with van der Waals surface area (Å²) in [6, 6.07) is 4.12. The van der Waals surface area contributed by atoms with Gasteiger partial charge in [0.25, 0.3) is 0 Å². The molecule has 1 rings (SSSR count). The van der Waals surface area contributed by atoms with Crippen molar-refractivity contribution < 1.29 is 0 Å². The fraction of sp³-hybridized carbons (Fsp3) is 0.583. The summed E-state index contributed by atoms with van der Waals surface area (Å²) in [4.78, 5) is 6.82. The van der Waals surface area contributed by atoms with Gasteiger partial charge in [0.1, 0.15) is 0 Å². The van der Waals surface area contributed by atoms with E-state index < -0.39 is 0 Å². The van der Waals surface area contributed by atoms with Gasteiger partial charge in [-0.05, 0) is 48.1 Å². The molecule has 0 amide bonds. The second-order valence-electron chi connectivity index (χ2n) is 3.85. The minimum absolute atomic E-state index is 0.933. The van der Waals surface area contributed by atoms with Crippen LogP contribution in [-0.2, 0) is 6.54 Å². The van der Waals surface area contributed by atoms with Crippen LogP contribution in [0.3, 0.4) is 0 Å². The van der Waals surface area contributed by atoms with Gasteiger partial charge in [-0.2, -0.15) is 0 Å². The number of hydrogen-bond donors (Lipinski definition) is 1. The normalized spacial score (nSPS) is 11.0. The number of rotatable bonds is 7. The molecule has 0 saturated carbocycles. The molecule has 0 aliphatic heterocycles. The summed E-state index contributed by atoms with van der Waals surface area (Å²) in [5.41, 5.74) is 1.13. The second kappa shape index (κ2) is 7.76. The van der Waals surface area contributed by atoms with Crippen molar-refractivity contribution in [3.8, 4) is 0 Å². The number of hydrogen-bond acceptors (Lipinski definition) is 3. The first-order valence-corrected chi connectivity index (χ1v) is 6.53. The van der Waals surface area contributed by atoms with Crippen LogP contribution in [-0.4, -0.2) is 36.6 Å². The molecule has 0 aliphatic rings. The molecule has 0 saturated heterocycles. The second-order valence-corrected chi connectivity index (χ2v) is 4.76. The summed E-state index contributed by atoms with van der Waals surface area (Å²) < 4.78 is 1.04. The van der Waals surface area contributed by atoms with Gasteiger partial charge in [0.15, 0.2) is 0 Å². The summed E-state index contributed by atoms with van der Waals surface area (Å²) in [7, 11) is 1.99. The van der Waals surface area contributed by atoms with E-state index in [1.807, 2.05) is 19.3 Å². The first-order valence-electron chi connectivity index (χ1n) is 5.73. The van der Waals surface area contributed by atoms with Gasteiger partial charge in [-0.15, -0.1) is 0 Å². The van der Waals surface area contributed by atoms with Crippen LogP contribution in [0.1, 0.15) is 19.0 Å². The third kappa shape index (κ3) is 5.05. The Morgan fingerprint density at radius 2 is 2.19 bits per heavy atom. The maximum absolute atomic E-state index is 4.40. The molecule has 0 atom stereocenters. The number of aromatic nitrogens is 1. The Labute approximate surface area is 106 Å². The van der Waals surface area contributed by atoms with Crippen molar-refractivity contribution in [3.63, 3.8) is 0 Å². The van der Waals surface area contributed by atoms with Crippen LogP contribution in [0.2, 0.25) is 0 Å². The van der Waals surface area contributed by atoms with Gasteiger partial charge in [-0.1, -0.05) is 6.92 Å². The predicted molar refractivity (Wildman–Crippen MR) is 71.4 cm³/mol. The highest BCUT2D eigenvalue weighted by Crippen LogP contribution is 2.09. The fourth-order valence-electron chi connectivity index (χ4n) is 1.59. The minimum Gasteiger partial charge on any atom is -0.318 e. The monoisotopic (exact) mass is 285 g/mol. The first-order chi connectivity index (χ1) is 7.76. The molecule has 1 aromatic heterocycles. The molecule has 1 heterocycles. The van der Waals surface area contributed by atoms with Crippen LogP contribution >= 0.6 is 15.9 Å². The Morgan fingerprint density at radius 3 is 2.75 bits per heavy atom. The lowest BCUT2D eigenvalue weighted by molar-refractivity contribution is 0.265. The molecule has 90 valence electrons. The van der Waals surface area contributed by atoms with Crippen molar-refractivity contribution in [3.05, 3.63) is 28.5 Å². The Balaban J connectivity index is 2.49. The summed E-state index contributed by atoms with van der Waals surface area (Å²) in [6.07, 6.45) is 3.04. The van der Waals surface area contributed by atoms with Gasteiger partial charge >= 0.3 is 0 Å². The van der Waals surface area contributed by atoms with Crippen molar-refractivity contribution in [2.45, 2.75) is 19.9 Å². The molecule has 0 unspecified atom stereocenters. The highest BCUT2D eigenvalue weighted by atomic mass is 79.9. The Bertz CT molecular complexity index is 287. The van der Waals surface area contributed by atoms with Gasteiger partial charge in [-0.25, -0.2) is 0 Å². The Morgan fingerprint density at radius 1 is 1.38 bits per heavy atom. The molecule has 1 N–H and O–H groups in total. The zero-order valence-electron chi connectivity index (χ0n) is 10.0. The Hall–Kier alpha value is -0.450. The summed E-state index contributed by atoms with van der Waals surface area (Å²) in [5, 5.41) is 3.18. The van der Waals surface area contributed by atoms with Gasteiger partial charge in [0.05, 0.1) is 5.69 Å². The fourth-order valence-corrected chi connectivity index (χ4v) is 1.82. The van der Waals surface area contributed by atoms with Crippen molar-refractivity contribution in [1.82, 2.24) is 15.2 Å². The van der Waals surface area contributed by atoms with Gasteiger partial charge in [0.2, 0.25) is 0 Å². The van der Waals surface area contributed by atoms with Crippen LogP contribution < -0.4 is 5.32 Å². The number of likely N-dealkylation sites (N-methyl/N-ethyl adjacent to an activating group) is 1. The zero-order chi connectivity index (χ0) is 11.8. The molecule has 0 aliphatic carbocycles. The molecule has 3 nitrogen and oxygen atoms in total. The van der Waals surface area contributed by atoms with E-state index in [-0.39, 0.29) is 0 Å². The molecule has 1 aromatic rings. The molecule has 4 heteroatoms. The van der Waals surface area contributed by atoms with E-state index >= 15 is 0 Å². The molecule has 16 heavy (non-hydrogen) atoms. The third-order valence-corrected chi connectivity index (χ3v) is 2.86. The van der Waals surface area contributed by atoms with Crippen molar-refractivity contribution in [1.29, 1.82) is 0 Å². The number of nitrogens with zero attached hydrogens (tertiary/aromatic N) is 2. The van der Waals surface area contributed by atoms with Crippen LogP contribution in [0.15, 0.2) is 22.8 Å². The maximum Gasteiger partial charge on any atom is 0.0544 e. The molecule has 0 fully saturated rings. The van der Waals surface area contributed by atoms with Crippen molar-refractivity contribution in [2.24, 2.45) is 0 Å². The highest BCUT2D eigenvalue weighted by molar-refractivity contribution is 9.10. The standard InChI is InChI=1S/C12H20BrN3/c1-3-7-16(8-6-14-2)10-12-5-4-11(13)9-15-12/h4-5,9,14H,3,6-8,10H2,1-2H3. The van der Waals surface area contributed by atoms with Gasteiger partial charge < -0.3 is 5.32 Å². The van der Waals surface area contributed by atoms with Gasteiger partial charge in [0, 0.05) is 30.3 Å². The van der Waals surface area contributed by atoms with E-state index in [9.17, 15) is 0 Å². The summed E-state index contributed by atoms with van der Waals surface area (Å²) in [6.45, 7) is 6.36. The predicted octanol–water partition coefficient (Wildman–Crippen LogP) is 2.28. The quantitative estimate of drug-likeness (QED) is 0.833. The smallest absolute Gasteiger partial charge is 0.0544 e. The van der Waals surface area contributed by atoms with E-state index in [2.05, 4.69) is 44.1 Å². The molecule has 0 bridgehead atoms. The zero-order valence-corrected chi connectivity index (χ0v) is 11.6. The largest absolute Gasteiger partial charge is 0.318 e. The average Bonchev–Trinajstić information content (AvgIpc) is 2.29. The van der Waals surface area contributed by atoms with Crippen LogP contribution in [0.5, 0.6) is 0 Å². The SMILES string of the molecule is CCCN(CCNC)Cc1ccc(Br)cn1. The third-order valence-electron chi connectivity index (χ3n) is 2.39. The number of halogens is 1. The molecule has 0 spiro atoms. The lowest BCUT2D eigenvalue weighted by Crippen LogP contribution is -2.31. The van der Waals surface area contributed by atoms with E-state index in [1.54, 1.807) is 0 Å². The summed E-state index contributed by atoms with van der Waals surface area (Å²) >= 11 is 3.40. The highest BCUT2D eigenvalue weighted by Gasteiger charge is 2.05. The first kappa shape index (κ1) is 13.6. The molecular weight excluding hydrogens is 266 g/mol. The number of pyridine rings is 1. The topological polar surface area (TPSA) is 28.2 Å². The van der Waals surface area contributed by atoms with E-state index in [4.69, 9.17) is 0 Å². The summed E-state index contributed by atoms with van der Waals surface area (Å²) in [5.74, 6) is 0. The van der Waals surface area contributed by atoms with Crippen molar-refractivity contribution >= 4 is 15.9 Å². The maximum atomic E-state index is 4.40. The molecular formula is C12H20BrN3. The molecule has 0 aromatic carbocycles. The van der Waals surface area contributed by atoms with E-state index in [0.29, 0.717) is 0 Å². The van der Waals surface area contributed by atoms with Crippen LogP contribution in [0.4, 0.5) is 0 Å². The Kier molecular flexibility index (Phi) is 6.61. The average molecular weight is 286 g/mol. The van der Waals surface area contributed by atoms with Crippen molar-refractivity contribution in [2.75, 3.05) is 26.7 Å². The number of nitrogens with one attached hydrogen (secondary N) is 1. The lowest BCUT2D eigenvalue weighted by Gasteiger charge is -2.20. The van der Waals surface area contributed by atoms with E-state index in [0.717, 1.165) is 36.3 Å². The van der Waals surface area contributed by atoms with E-state index in [1.165, 1.54) is 6.42 Å². The van der Waals surface area contributed by atoms with Gasteiger partial charge in [-0.3, -0.25) is 9.88 Å². The minimum atomic E-state index is 0.933. The van der Waals surface area contributed by atoms with Crippen LogP contribution in [0, 0.1) is 0 Å². The van der Waals surface area contributed by atoms with Crippen LogP contribution in [0.25, 0.3) is 0 Å². The lowest BCUT2D eigenvalue weighted by atomic mass is 10.3.